The highest BCUT2D eigenvalue weighted by atomic mass is 32.2. The van der Waals surface area contributed by atoms with Crippen LogP contribution in [0, 0.1) is 0 Å². The standard InChI is InChI=1S/C14H24N4O2S/c1-3-17-8-10-18(11-9-17)13(2)12-16-21(19,20)14-6-4-5-7-15-14/h4-7,13,16H,3,8-12H2,1-2H3/t13-/m1/s1. The summed E-state index contributed by atoms with van der Waals surface area (Å²) in [4.78, 5) is 8.62. The van der Waals surface area contributed by atoms with E-state index in [2.05, 4.69) is 33.4 Å². The fraction of sp³-hybridized carbons (Fsp3) is 0.643. The normalized spacial score (nSPS) is 19.5. The number of piperazine rings is 1. The van der Waals surface area contributed by atoms with Gasteiger partial charge in [0.15, 0.2) is 5.03 Å². The van der Waals surface area contributed by atoms with Crippen LogP contribution in [0.1, 0.15) is 13.8 Å². The summed E-state index contributed by atoms with van der Waals surface area (Å²) in [6.07, 6.45) is 1.49. The van der Waals surface area contributed by atoms with Crippen LogP contribution in [0.15, 0.2) is 29.4 Å². The molecule has 1 N–H and O–H groups in total. The molecule has 6 nitrogen and oxygen atoms in total. The van der Waals surface area contributed by atoms with Gasteiger partial charge in [0.2, 0.25) is 0 Å². The Balaban J connectivity index is 1.85. The highest BCUT2D eigenvalue weighted by molar-refractivity contribution is 7.89. The molecular weight excluding hydrogens is 288 g/mol. The molecule has 1 aromatic rings. The van der Waals surface area contributed by atoms with Gasteiger partial charge in [-0.3, -0.25) is 4.90 Å². The summed E-state index contributed by atoms with van der Waals surface area (Å²) < 4.78 is 26.9. The number of rotatable bonds is 6. The van der Waals surface area contributed by atoms with Crippen molar-refractivity contribution < 1.29 is 8.42 Å². The summed E-state index contributed by atoms with van der Waals surface area (Å²) in [5.41, 5.74) is 0. The number of nitrogens with one attached hydrogen (secondary N) is 1. The molecule has 2 heterocycles. The molecule has 0 aliphatic carbocycles. The molecular formula is C14H24N4O2S. The van der Waals surface area contributed by atoms with Crippen LogP contribution < -0.4 is 4.72 Å². The highest BCUT2D eigenvalue weighted by Gasteiger charge is 2.22. The van der Waals surface area contributed by atoms with Crippen molar-refractivity contribution >= 4 is 10.0 Å². The molecule has 1 fully saturated rings. The number of nitrogens with zero attached hydrogens (tertiary/aromatic N) is 3. The lowest BCUT2D eigenvalue weighted by molar-refractivity contribution is 0.107. The second-order valence-corrected chi connectivity index (χ2v) is 7.05. The molecule has 0 spiro atoms. The lowest BCUT2D eigenvalue weighted by atomic mass is 10.2. The molecule has 0 unspecified atom stereocenters. The van der Waals surface area contributed by atoms with Crippen molar-refractivity contribution in [3.8, 4) is 0 Å². The fourth-order valence-electron chi connectivity index (χ4n) is 2.46. The Labute approximate surface area is 127 Å². The largest absolute Gasteiger partial charge is 0.301 e. The zero-order chi connectivity index (χ0) is 15.3. The topological polar surface area (TPSA) is 65.5 Å². The number of hydrogen-bond donors (Lipinski definition) is 1. The second kappa shape index (κ2) is 7.31. The van der Waals surface area contributed by atoms with Crippen LogP contribution in [0.3, 0.4) is 0 Å². The Hall–Kier alpha value is -1.02. The van der Waals surface area contributed by atoms with Crippen molar-refractivity contribution in [2.75, 3.05) is 39.3 Å². The average molecular weight is 312 g/mol. The van der Waals surface area contributed by atoms with Crippen LogP contribution >= 0.6 is 0 Å². The molecule has 1 saturated heterocycles. The Kier molecular flexibility index (Phi) is 5.69. The lowest BCUT2D eigenvalue weighted by Crippen LogP contribution is -2.52. The first kappa shape index (κ1) is 16.4. The summed E-state index contributed by atoms with van der Waals surface area (Å²) >= 11 is 0. The summed E-state index contributed by atoms with van der Waals surface area (Å²) in [5.74, 6) is 0. The van der Waals surface area contributed by atoms with Crippen molar-refractivity contribution in [2.24, 2.45) is 0 Å². The maximum atomic E-state index is 12.1. The average Bonchev–Trinajstić information content (AvgIpc) is 2.53. The van der Waals surface area contributed by atoms with Gasteiger partial charge in [-0.1, -0.05) is 13.0 Å². The predicted octanol–water partition coefficient (Wildman–Crippen LogP) is 0.386. The zero-order valence-electron chi connectivity index (χ0n) is 12.7. The van der Waals surface area contributed by atoms with E-state index in [1.165, 1.54) is 12.3 Å². The molecule has 1 atom stereocenters. The summed E-state index contributed by atoms with van der Waals surface area (Å²) in [6, 6.07) is 5.07. The van der Waals surface area contributed by atoms with Crippen LogP contribution in [-0.4, -0.2) is 68.5 Å². The minimum absolute atomic E-state index is 0.0769. The van der Waals surface area contributed by atoms with Crippen molar-refractivity contribution in [1.82, 2.24) is 19.5 Å². The van der Waals surface area contributed by atoms with E-state index in [-0.39, 0.29) is 11.1 Å². The van der Waals surface area contributed by atoms with Crippen molar-refractivity contribution in [3.63, 3.8) is 0 Å². The minimum Gasteiger partial charge on any atom is -0.301 e. The van der Waals surface area contributed by atoms with E-state index in [1.807, 2.05) is 0 Å². The number of pyridine rings is 1. The Bertz CT molecular complexity index is 527. The van der Waals surface area contributed by atoms with Gasteiger partial charge in [-0.2, -0.15) is 0 Å². The maximum absolute atomic E-state index is 12.1. The SMILES string of the molecule is CCN1CCN([C@H](C)CNS(=O)(=O)c2ccccn2)CC1. The van der Waals surface area contributed by atoms with Crippen LogP contribution in [0.4, 0.5) is 0 Å². The molecule has 7 heteroatoms. The van der Waals surface area contributed by atoms with Crippen molar-refractivity contribution in [1.29, 1.82) is 0 Å². The zero-order valence-corrected chi connectivity index (χ0v) is 13.5. The first-order valence-corrected chi connectivity index (χ1v) is 8.88. The number of sulfonamides is 1. The maximum Gasteiger partial charge on any atom is 0.258 e. The van der Waals surface area contributed by atoms with Crippen LogP contribution in [0.25, 0.3) is 0 Å². The summed E-state index contributed by atoms with van der Waals surface area (Å²) in [6.45, 7) is 9.78. The molecule has 0 bridgehead atoms. The molecule has 118 valence electrons. The molecule has 0 aromatic carbocycles. The van der Waals surface area contributed by atoms with Gasteiger partial charge in [0, 0.05) is 45.0 Å². The number of aromatic nitrogens is 1. The predicted molar refractivity (Wildman–Crippen MR) is 82.6 cm³/mol. The van der Waals surface area contributed by atoms with Crippen molar-refractivity contribution in [2.45, 2.75) is 24.9 Å². The van der Waals surface area contributed by atoms with Gasteiger partial charge in [-0.15, -0.1) is 0 Å². The molecule has 1 aromatic heterocycles. The van der Waals surface area contributed by atoms with Crippen LogP contribution in [0.2, 0.25) is 0 Å². The molecule has 0 radical (unpaired) electrons. The first-order chi connectivity index (χ1) is 10.0. The number of likely N-dealkylation sites (N-methyl/N-ethyl adjacent to an activating group) is 1. The number of hydrogen-bond acceptors (Lipinski definition) is 5. The van der Waals surface area contributed by atoms with Gasteiger partial charge >= 0.3 is 0 Å². The first-order valence-electron chi connectivity index (χ1n) is 7.40. The van der Waals surface area contributed by atoms with E-state index in [4.69, 9.17) is 0 Å². The van der Waals surface area contributed by atoms with Gasteiger partial charge in [-0.25, -0.2) is 18.1 Å². The van der Waals surface area contributed by atoms with E-state index in [9.17, 15) is 8.42 Å². The van der Waals surface area contributed by atoms with E-state index in [1.54, 1.807) is 12.1 Å². The van der Waals surface area contributed by atoms with Gasteiger partial charge in [0.1, 0.15) is 0 Å². The smallest absolute Gasteiger partial charge is 0.258 e. The summed E-state index contributed by atoms with van der Waals surface area (Å²) in [7, 11) is -3.51. The molecule has 1 aliphatic heterocycles. The Morgan fingerprint density at radius 3 is 2.57 bits per heavy atom. The van der Waals surface area contributed by atoms with Gasteiger partial charge < -0.3 is 4.90 Å². The third-order valence-electron chi connectivity index (χ3n) is 3.96. The van der Waals surface area contributed by atoms with Gasteiger partial charge in [0.05, 0.1) is 0 Å². The van der Waals surface area contributed by atoms with E-state index < -0.39 is 10.0 Å². The third-order valence-corrected chi connectivity index (χ3v) is 5.30. The molecule has 0 saturated carbocycles. The van der Waals surface area contributed by atoms with Crippen LogP contribution in [-0.2, 0) is 10.0 Å². The van der Waals surface area contributed by atoms with Crippen LogP contribution in [0.5, 0.6) is 0 Å². The molecule has 0 amide bonds. The van der Waals surface area contributed by atoms with E-state index in [0.29, 0.717) is 6.54 Å². The van der Waals surface area contributed by atoms with Crippen molar-refractivity contribution in [3.05, 3.63) is 24.4 Å². The fourth-order valence-corrected chi connectivity index (χ4v) is 3.53. The molecule has 21 heavy (non-hydrogen) atoms. The highest BCUT2D eigenvalue weighted by Crippen LogP contribution is 2.07. The Morgan fingerprint density at radius 2 is 2.00 bits per heavy atom. The van der Waals surface area contributed by atoms with E-state index >= 15 is 0 Å². The third kappa shape index (κ3) is 4.47. The van der Waals surface area contributed by atoms with E-state index in [0.717, 1.165) is 32.7 Å². The molecule has 2 rings (SSSR count). The van der Waals surface area contributed by atoms with Gasteiger partial charge in [0.25, 0.3) is 10.0 Å². The van der Waals surface area contributed by atoms with Gasteiger partial charge in [-0.05, 0) is 25.6 Å². The quantitative estimate of drug-likeness (QED) is 0.823. The summed E-state index contributed by atoms with van der Waals surface area (Å²) in [5, 5.41) is 0.0769. The molecule has 1 aliphatic rings. The monoisotopic (exact) mass is 312 g/mol. The second-order valence-electron chi connectivity index (χ2n) is 5.34. The Morgan fingerprint density at radius 1 is 1.29 bits per heavy atom. The lowest BCUT2D eigenvalue weighted by Gasteiger charge is -2.37. The minimum atomic E-state index is -3.51.